The van der Waals surface area contributed by atoms with Crippen molar-refractivity contribution in [3.05, 3.63) is 64.7 Å². The number of rotatable bonds is 2. The highest BCUT2D eigenvalue weighted by molar-refractivity contribution is 5.44. The van der Waals surface area contributed by atoms with Crippen LogP contribution in [0.4, 0.5) is 8.78 Å². The van der Waals surface area contributed by atoms with Crippen LogP contribution in [0, 0.1) is 17.6 Å². The summed E-state index contributed by atoms with van der Waals surface area (Å²) in [7, 11) is 0. The zero-order valence-corrected chi connectivity index (χ0v) is 15.3. The molecule has 0 aromatic heterocycles. The van der Waals surface area contributed by atoms with Crippen LogP contribution >= 0.6 is 0 Å². The maximum atomic E-state index is 14.4. The van der Waals surface area contributed by atoms with Crippen molar-refractivity contribution in [2.75, 3.05) is 0 Å². The molecule has 2 aliphatic carbocycles. The third-order valence-electron chi connectivity index (χ3n) is 6.86. The lowest BCUT2D eigenvalue weighted by Gasteiger charge is -2.55. The fourth-order valence-corrected chi connectivity index (χ4v) is 5.50. The summed E-state index contributed by atoms with van der Waals surface area (Å²) >= 11 is 0. The van der Waals surface area contributed by atoms with E-state index in [4.69, 9.17) is 0 Å². The Labute approximate surface area is 157 Å². The van der Waals surface area contributed by atoms with Crippen LogP contribution in [0.3, 0.4) is 0 Å². The lowest BCUT2D eigenvalue weighted by atomic mass is 9.52. The maximum absolute atomic E-state index is 14.4. The Morgan fingerprint density at radius 1 is 1.11 bits per heavy atom. The summed E-state index contributed by atoms with van der Waals surface area (Å²) in [6, 6.07) is 8.77. The Morgan fingerprint density at radius 2 is 1.81 bits per heavy atom. The van der Waals surface area contributed by atoms with Crippen LogP contribution in [0.2, 0.25) is 0 Å². The van der Waals surface area contributed by atoms with Crippen molar-refractivity contribution >= 4 is 0 Å². The molecule has 4 atom stereocenters. The fourth-order valence-electron chi connectivity index (χ4n) is 5.50. The number of aromatic hydroxyl groups is 1. The van der Waals surface area contributed by atoms with Crippen LogP contribution in [-0.2, 0) is 17.4 Å². The topological polar surface area (TPSA) is 60.7 Å². The molecule has 0 bridgehead atoms. The first-order valence-corrected chi connectivity index (χ1v) is 9.49. The monoisotopic (exact) mass is 374 g/mol. The lowest BCUT2D eigenvalue weighted by Crippen LogP contribution is -2.56. The van der Waals surface area contributed by atoms with Gasteiger partial charge in [0.05, 0.1) is 11.7 Å². The molecule has 0 aliphatic heterocycles. The van der Waals surface area contributed by atoms with Gasteiger partial charge in [-0.3, -0.25) is 0 Å². The highest BCUT2D eigenvalue weighted by Crippen LogP contribution is 2.57. The quantitative estimate of drug-likeness (QED) is 0.747. The summed E-state index contributed by atoms with van der Waals surface area (Å²) in [5.41, 5.74) is -0.655. The summed E-state index contributed by atoms with van der Waals surface area (Å²) in [6.07, 6.45) is 1.22. The first-order valence-electron chi connectivity index (χ1n) is 9.49. The Bertz CT molecular complexity index is 864. The number of phenols is 1. The molecule has 0 amide bonds. The van der Waals surface area contributed by atoms with Gasteiger partial charge < -0.3 is 15.3 Å². The molecular formula is C22H24F2O3. The minimum Gasteiger partial charge on any atom is -0.508 e. The molecule has 3 nitrogen and oxygen atoms in total. The van der Waals surface area contributed by atoms with Gasteiger partial charge in [-0.25, -0.2) is 8.78 Å². The second kappa shape index (κ2) is 6.28. The number of halogens is 2. The average molecular weight is 374 g/mol. The predicted octanol–water partition coefficient (Wildman–Crippen LogP) is 3.92. The van der Waals surface area contributed by atoms with E-state index in [9.17, 15) is 24.1 Å². The van der Waals surface area contributed by atoms with Crippen molar-refractivity contribution in [3.63, 3.8) is 0 Å². The number of aryl methyl sites for hydroxylation is 1. The second-order valence-corrected chi connectivity index (χ2v) is 8.03. The van der Waals surface area contributed by atoms with Gasteiger partial charge in [-0.15, -0.1) is 0 Å². The Morgan fingerprint density at radius 3 is 2.48 bits per heavy atom. The molecule has 2 aromatic carbocycles. The Kier molecular flexibility index (Phi) is 4.28. The SMILES string of the molecule is CC[C@@]12C[C@H](O)[C@](O)(c3c(F)cccc3F)CC1CCc1cc(O)ccc12. The molecule has 4 rings (SSSR count). The van der Waals surface area contributed by atoms with Crippen LogP contribution in [0.15, 0.2) is 36.4 Å². The third kappa shape index (κ3) is 2.59. The van der Waals surface area contributed by atoms with Gasteiger partial charge in [-0.05, 0) is 73.4 Å². The molecule has 2 aromatic rings. The van der Waals surface area contributed by atoms with E-state index in [0.717, 1.165) is 42.5 Å². The normalized spacial score (nSPS) is 32.6. The molecule has 0 saturated heterocycles. The van der Waals surface area contributed by atoms with Gasteiger partial charge in [0.15, 0.2) is 0 Å². The van der Waals surface area contributed by atoms with Crippen molar-refractivity contribution in [1.82, 2.24) is 0 Å². The minimum absolute atomic E-state index is 0.0213. The van der Waals surface area contributed by atoms with E-state index in [0.29, 0.717) is 0 Å². The number of fused-ring (bicyclic) bond motifs is 3. The van der Waals surface area contributed by atoms with Crippen LogP contribution in [0.1, 0.15) is 49.3 Å². The molecule has 1 saturated carbocycles. The standard InChI is InChI=1S/C22H24F2O3/c1-2-21-12-19(26)22(27,20-17(23)4-3-5-18(20)24)11-14(21)7-6-13-10-15(25)8-9-16(13)21/h3-5,8-10,14,19,25-27H,2,6-7,11-12H2,1H3/t14?,19-,21+,22-/m0/s1. The van der Waals surface area contributed by atoms with Crippen molar-refractivity contribution in [2.45, 2.75) is 56.1 Å². The maximum Gasteiger partial charge on any atom is 0.132 e. The molecule has 0 radical (unpaired) electrons. The molecule has 0 spiro atoms. The number of hydrogen-bond donors (Lipinski definition) is 3. The van der Waals surface area contributed by atoms with Crippen molar-refractivity contribution in [3.8, 4) is 5.75 Å². The predicted molar refractivity (Wildman–Crippen MR) is 97.4 cm³/mol. The molecule has 1 fully saturated rings. The largest absolute Gasteiger partial charge is 0.508 e. The first kappa shape index (κ1) is 18.4. The summed E-state index contributed by atoms with van der Waals surface area (Å²) < 4.78 is 28.8. The molecule has 1 unspecified atom stereocenters. The van der Waals surface area contributed by atoms with Gasteiger partial charge >= 0.3 is 0 Å². The highest BCUT2D eigenvalue weighted by Gasteiger charge is 2.56. The zero-order chi connectivity index (χ0) is 19.4. The van der Waals surface area contributed by atoms with E-state index in [1.54, 1.807) is 12.1 Å². The molecule has 27 heavy (non-hydrogen) atoms. The Balaban J connectivity index is 1.81. The van der Waals surface area contributed by atoms with Gasteiger partial charge in [0, 0.05) is 5.41 Å². The highest BCUT2D eigenvalue weighted by atomic mass is 19.1. The van der Waals surface area contributed by atoms with Gasteiger partial charge in [0.2, 0.25) is 0 Å². The molecule has 144 valence electrons. The van der Waals surface area contributed by atoms with Crippen LogP contribution in [0.25, 0.3) is 0 Å². The fraction of sp³-hybridized carbons (Fsp3) is 0.455. The lowest BCUT2D eigenvalue weighted by molar-refractivity contribution is -0.149. The minimum atomic E-state index is -1.95. The van der Waals surface area contributed by atoms with E-state index < -0.39 is 28.9 Å². The van der Waals surface area contributed by atoms with Crippen molar-refractivity contribution < 1.29 is 24.1 Å². The first-order chi connectivity index (χ1) is 12.8. The third-order valence-corrected chi connectivity index (χ3v) is 6.86. The van der Waals surface area contributed by atoms with E-state index in [1.165, 1.54) is 6.07 Å². The van der Waals surface area contributed by atoms with Crippen molar-refractivity contribution in [2.24, 2.45) is 5.92 Å². The number of phenolic OH excluding ortho intramolecular Hbond substituents is 1. The smallest absolute Gasteiger partial charge is 0.132 e. The van der Waals surface area contributed by atoms with Gasteiger partial charge in [0.1, 0.15) is 23.0 Å². The van der Waals surface area contributed by atoms with E-state index >= 15 is 0 Å². The van der Waals surface area contributed by atoms with Crippen LogP contribution in [-0.4, -0.2) is 21.4 Å². The molecular weight excluding hydrogens is 350 g/mol. The van der Waals surface area contributed by atoms with E-state index in [-0.39, 0.29) is 29.9 Å². The van der Waals surface area contributed by atoms with E-state index in [1.807, 2.05) is 13.0 Å². The van der Waals surface area contributed by atoms with Gasteiger partial charge in [-0.1, -0.05) is 19.1 Å². The summed E-state index contributed by atoms with van der Waals surface area (Å²) in [4.78, 5) is 0. The van der Waals surface area contributed by atoms with Crippen LogP contribution < -0.4 is 0 Å². The summed E-state index contributed by atoms with van der Waals surface area (Å²) in [6.45, 7) is 2.04. The van der Waals surface area contributed by atoms with Crippen molar-refractivity contribution in [1.29, 1.82) is 0 Å². The van der Waals surface area contributed by atoms with E-state index in [2.05, 4.69) is 0 Å². The second-order valence-electron chi connectivity index (χ2n) is 8.03. The van der Waals surface area contributed by atoms with Gasteiger partial charge in [0.25, 0.3) is 0 Å². The summed E-state index contributed by atoms with van der Waals surface area (Å²) in [5.74, 6) is -1.48. The summed E-state index contributed by atoms with van der Waals surface area (Å²) in [5, 5.41) is 32.0. The zero-order valence-electron chi connectivity index (χ0n) is 15.3. The Hall–Kier alpha value is -1.98. The number of benzene rings is 2. The van der Waals surface area contributed by atoms with Crippen LogP contribution in [0.5, 0.6) is 5.75 Å². The average Bonchev–Trinajstić information content (AvgIpc) is 2.62. The molecule has 2 aliphatic rings. The number of hydrogen-bond acceptors (Lipinski definition) is 3. The van der Waals surface area contributed by atoms with Gasteiger partial charge in [-0.2, -0.15) is 0 Å². The number of aliphatic hydroxyl groups is 2. The molecule has 3 N–H and O–H groups in total. The number of aliphatic hydroxyl groups excluding tert-OH is 1. The molecule has 0 heterocycles. The molecule has 5 heteroatoms.